The van der Waals surface area contributed by atoms with Crippen LogP contribution in [0.2, 0.25) is 0 Å². The smallest absolute Gasteiger partial charge is 0.306 e. The van der Waals surface area contributed by atoms with Crippen molar-refractivity contribution < 1.29 is 9.90 Å². The molecule has 1 atom stereocenters. The number of hydrogen-bond acceptors (Lipinski definition) is 3. The first kappa shape index (κ1) is 15.3. The molecule has 0 aliphatic carbocycles. The average Bonchev–Trinajstić information content (AvgIpc) is 3.04. The van der Waals surface area contributed by atoms with Crippen molar-refractivity contribution in [2.45, 2.75) is 25.8 Å². The lowest BCUT2D eigenvalue weighted by molar-refractivity contribution is -0.143. The van der Waals surface area contributed by atoms with E-state index in [1.54, 1.807) is 11.3 Å². The molecule has 1 aromatic carbocycles. The zero-order valence-corrected chi connectivity index (χ0v) is 13.6. The van der Waals surface area contributed by atoms with Crippen molar-refractivity contribution in [3.8, 4) is 0 Å². The number of carboxylic acids is 1. The van der Waals surface area contributed by atoms with Crippen LogP contribution < -0.4 is 0 Å². The molecular weight excluding hydrogens is 294 g/mol. The van der Waals surface area contributed by atoms with Gasteiger partial charge in [-0.25, -0.2) is 0 Å². The van der Waals surface area contributed by atoms with Gasteiger partial charge in [-0.15, -0.1) is 0 Å². The van der Waals surface area contributed by atoms with Crippen molar-refractivity contribution in [1.29, 1.82) is 0 Å². The fraction of sp³-hybridized carbons (Fsp3) is 0.389. The van der Waals surface area contributed by atoms with Crippen LogP contribution >= 0.6 is 11.3 Å². The number of piperidine rings is 1. The molecule has 4 heteroatoms. The number of aliphatic carboxylic acids is 1. The Morgan fingerprint density at radius 1 is 1.18 bits per heavy atom. The SMILES string of the molecule is Cc1ccc(C(c2ccsc2)N2CCC(C(=O)O)CC2)cc1. The van der Waals surface area contributed by atoms with E-state index < -0.39 is 5.97 Å². The van der Waals surface area contributed by atoms with Gasteiger partial charge >= 0.3 is 5.97 Å². The largest absolute Gasteiger partial charge is 0.481 e. The van der Waals surface area contributed by atoms with Gasteiger partial charge in [-0.2, -0.15) is 11.3 Å². The minimum Gasteiger partial charge on any atom is -0.481 e. The summed E-state index contributed by atoms with van der Waals surface area (Å²) in [6, 6.07) is 11.1. The fourth-order valence-electron chi connectivity index (χ4n) is 3.20. The molecule has 0 amide bonds. The molecule has 1 N–H and O–H groups in total. The molecule has 116 valence electrons. The molecule has 22 heavy (non-hydrogen) atoms. The quantitative estimate of drug-likeness (QED) is 0.929. The number of thiophene rings is 1. The summed E-state index contributed by atoms with van der Waals surface area (Å²) in [5.74, 6) is -0.834. The van der Waals surface area contributed by atoms with Gasteiger partial charge in [0.15, 0.2) is 0 Å². The maximum absolute atomic E-state index is 11.2. The number of benzene rings is 1. The highest BCUT2D eigenvalue weighted by molar-refractivity contribution is 7.08. The second-order valence-corrected chi connectivity index (χ2v) is 6.80. The van der Waals surface area contributed by atoms with Crippen LogP contribution in [0.3, 0.4) is 0 Å². The summed E-state index contributed by atoms with van der Waals surface area (Å²) in [6.45, 7) is 3.78. The molecule has 1 aliphatic heterocycles. The van der Waals surface area contributed by atoms with Gasteiger partial charge in [0.05, 0.1) is 12.0 Å². The van der Waals surface area contributed by atoms with Gasteiger partial charge in [-0.1, -0.05) is 29.8 Å². The van der Waals surface area contributed by atoms with Gasteiger partial charge in [-0.3, -0.25) is 9.69 Å². The molecule has 1 saturated heterocycles. The Labute approximate surface area is 135 Å². The number of likely N-dealkylation sites (tertiary alicyclic amines) is 1. The first-order valence-corrected chi connectivity index (χ1v) is 8.65. The molecule has 0 bridgehead atoms. The monoisotopic (exact) mass is 315 g/mol. The van der Waals surface area contributed by atoms with E-state index in [2.05, 4.69) is 52.9 Å². The number of rotatable bonds is 4. The standard InChI is InChI=1S/C18H21NO2S/c1-13-2-4-14(5-3-13)17(16-8-11-22-12-16)19-9-6-15(7-10-19)18(20)21/h2-5,8,11-12,15,17H,6-7,9-10H2,1H3,(H,20,21). The van der Waals surface area contributed by atoms with Crippen molar-refractivity contribution in [2.24, 2.45) is 5.92 Å². The van der Waals surface area contributed by atoms with Crippen molar-refractivity contribution >= 4 is 17.3 Å². The second kappa shape index (κ2) is 6.63. The van der Waals surface area contributed by atoms with Gasteiger partial charge in [-0.05, 0) is 60.8 Å². The Balaban J connectivity index is 1.84. The lowest BCUT2D eigenvalue weighted by atomic mass is 9.92. The lowest BCUT2D eigenvalue weighted by Crippen LogP contribution is -2.39. The Bertz CT molecular complexity index is 613. The summed E-state index contributed by atoms with van der Waals surface area (Å²) in [5, 5.41) is 13.5. The zero-order valence-electron chi connectivity index (χ0n) is 12.7. The molecule has 0 radical (unpaired) electrons. The minimum absolute atomic E-state index is 0.183. The Hall–Kier alpha value is -1.65. The van der Waals surface area contributed by atoms with E-state index in [4.69, 9.17) is 0 Å². The first-order chi connectivity index (χ1) is 10.6. The predicted molar refractivity (Wildman–Crippen MR) is 89.3 cm³/mol. The Morgan fingerprint density at radius 2 is 1.86 bits per heavy atom. The molecular formula is C18H21NO2S. The zero-order chi connectivity index (χ0) is 15.5. The van der Waals surface area contributed by atoms with Gasteiger partial charge in [0.25, 0.3) is 0 Å². The molecule has 1 unspecified atom stereocenters. The molecule has 3 rings (SSSR count). The molecule has 2 heterocycles. The van der Waals surface area contributed by atoms with E-state index in [0.717, 1.165) is 25.9 Å². The summed E-state index contributed by atoms with van der Waals surface area (Å²) in [6.07, 6.45) is 1.48. The summed E-state index contributed by atoms with van der Waals surface area (Å²) in [7, 11) is 0. The number of hydrogen-bond donors (Lipinski definition) is 1. The van der Waals surface area contributed by atoms with Crippen LogP contribution in [0.4, 0.5) is 0 Å². The molecule has 1 aromatic heterocycles. The molecule has 1 aliphatic rings. The van der Waals surface area contributed by atoms with Crippen molar-refractivity contribution in [3.05, 3.63) is 57.8 Å². The third-order valence-electron chi connectivity index (χ3n) is 4.50. The summed E-state index contributed by atoms with van der Waals surface area (Å²) >= 11 is 1.71. The number of aryl methyl sites for hydroxylation is 1. The van der Waals surface area contributed by atoms with Crippen molar-refractivity contribution in [3.63, 3.8) is 0 Å². The third kappa shape index (κ3) is 3.23. The highest BCUT2D eigenvalue weighted by Crippen LogP contribution is 2.33. The van der Waals surface area contributed by atoms with E-state index in [1.165, 1.54) is 16.7 Å². The molecule has 2 aromatic rings. The number of carbonyl (C=O) groups is 1. The number of carboxylic acid groups (broad SMARTS) is 1. The first-order valence-electron chi connectivity index (χ1n) is 7.70. The molecule has 3 nitrogen and oxygen atoms in total. The van der Waals surface area contributed by atoms with Crippen LogP contribution in [0.15, 0.2) is 41.1 Å². The normalized spacial score (nSPS) is 18.2. The van der Waals surface area contributed by atoms with E-state index in [9.17, 15) is 9.90 Å². The van der Waals surface area contributed by atoms with Crippen LogP contribution in [0, 0.1) is 12.8 Å². The van der Waals surface area contributed by atoms with Gasteiger partial charge in [0, 0.05) is 0 Å². The predicted octanol–water partition coefficient (Wildman–Crippen LogP) is 3.94. The summed E-state index contributed by atoms with van der Waals surface area (Å²) in [5.41, 5.74) is 3.86. The van der Waals surface area contributed by atoms with Crippen LogP contribution in [0.5, 0.6) is 0 Å². The minimum atomic E-state index is -0.651. The van der Waals surface area contributed by atoms with Crippen LogP contribution in [-0.2, 0) is 4.79 Å². The highest BCUT2D eigenvalue weighted by atomic mass is 32.1. The summed E-state index contributed by atoms with van der Waals surface area (Å²) < 4.78 is 0. The maximum atomic E-state index is 11.2. The fourth-order valence-corrected chi connectivity index (χ4v) is 3.88. The van der Waals surface area contributed by atoms with Crippen molar-refractivity contribution in [1.82, 2.24) is 4.90 Å². The van der Waals surface area contributed by atoms with Crippen LogP contribution in [-0.4, -0.2) is 29.1 Å². The van der Waals surface area contributed by atoms with E-state index in [-0.39, 0.29) is 12.0 Å². The van der Waals surface area contributed by atoms with Crippen LogP contribution in [0.1, 0.15) is 35.6 Å². The Morgan fingerprint density at radius 3 is 2.41 bits per heavy atom. The van der Waals surface area contributed by atoms with E-state index in [0.29, 0.717) is 0 Å². The highest BCUT2D eigenvalue weighted by Gasteiger charge is 2.30. The average molecular weight is 315 g/mol. The number of nitrogens with zero attached hydrogens (tertiary/aromatic N) is 1. The van der Waals surface area contributed by atoms with Gasteiger partial charge in [0.1, 0.15) is 0 Å². The summed E-state index contributed by atoms with van der Waals surface area (Å²) in [4.78, 5) is 13.6. The Kier molecular flexibility index (Phi) is 4.60. The topological polar surface area (TPSA) is 40.5 Å². The molecule has 0 spiro atoms. The molecule has 0 saturated carbocycles. The van der Waals surface area contributed by atoms with Gasteiger partial charge < -0.3 is 5.11 Å². The molecule has 1 fully saturated rings. The van der Waals surface area contributed by atoms with E-state index in [1.807, 2.05) is 0 Å². The van der Waals surface area contributed by atoms with Gasteiger partial charge in [0.2, 0.25) is 0 Å². The maximum Gasteiger partial charge on any atom is 0.306 e. The second-order valence-electron chi connectivity index (χ2n) is 6.02. The van der Waals surface area contributed by atoms with Crippen LogP contribution in [0.25, 0.3) is 0 Å². The lowest BCUT2D eigenvalue weighted by Gasteiger charge is -2.36. The van der Waals surface area contributed by atoms with E-state index >= 15 is 0 Å². The van der Waals surface area contributed by atoms with Crippen molar-refractivity contribution in [2.75, 3.05) is 13.1 Å². The third-order valence-corrected chi connectivity index (χ3v) is 5.20.